The first-order chi connectivity index (χ1) is 12.6. The summed E-state index contributed by atoms with van der Waals surface area (Å²) in [4.78, 5) is 18.7. The predicted octanol–water partition coefficient (Wildman–Crippen LogP) is 1.99. The third-order valence-electron chi connectivity index (χ3n) is 4.39. The zero-order valence-corrected chi connectivity index (χ0v) is 15.5. The second-order valence-corrected chi connectivity index (χ2v) is 6.84. The van der Waals surface area contributed by atoms with Crippen molar-refractivity contribution in [3.63, 3.8) is 0 Å². The Kier molecular flexibility index (Phi) is 6.22. The van der Waals surface area contributed by atoms with Crippen LogP contribution in [0.3, 0.4) is 0 Å². The van der Waals surface area contributed by atoms with Gasteiger partial charge in [-0.15, -0.1) is 0 Å². The average Bonchev–Trinajstić information content (AvgIpc) is 3.13. The maximum absolute atomic E-state index is 11.9. The summed E-state index contributed by atoms with van der Waals surface area (Å²) in [6.07, 6.45) is 7.18. The second-order valence-electron chi connectivity index (χ2n) is 6.84. The van der Waals surface area contributed by atoms with E-state index in [4.69, 9.17) is 4.74 Å². The van der Waals surface area contributed by atoms with Crippen LogP contribution in [0.15, 0.2) is 36.8 Å². The molecule has 0 radical (unpaired) electrons. The van der Waals surface area contributed by atoms with Crippen molar-refractivity contribution >= 4 is 11.7 Å². The molecule has 2 aromatic rings. The van der Waals surface area contributed by atoms with E-state index in [0.717, 1.165) is 37.4 Å². The van der Waals surface area contributed by atoms with Crippen LogP contribution in [-0.4, -0.2) is 46.0 Å². The van der Waals surface area contributed by atoms with Crippen molar-refractivity contribution in [2.75, 3.05) is 18.0 Å². The van der Waals surface area contributed by atoms with Crippen molar-refractivity contribution in [3.8, 4) is 0 Å². The Morgan fingerprint density at radius 1 is 1.31 bits per heavy atom. The van der Waals surface area contributed by atoms with Crippen molar-refractivity contribution < 1.29 is 9.53 Å². The van der Waals surface area contributed by atoms with Gasteiger partial charge in [0.1, 0.15) is 5.82 Å². The van der Waals surface area contributed by atoms with Gasteiger partial charge in [-0.25, -0.2) is 4.98 Å². The molecule has 1 aliphatic rings. The van der Waals surface area contributed by atoms with Crippen molar-refractivity contribution in [1.29, 1.82) is 0 Å². The van der Waals surface area contributed by atoms with Gasteiger partial charge in [-0.3, -0.25) is 9.48 Å². The van der Waals surface area contributed by atoms with Gasteiger partial charge in [0.05, 0.1) is 12.2 Å². The highest BCUT2D eigenvalue weighted by Gasteiger charge is 2.22. The molecule has 2 unspecified atom stereocenters. The SMILES string of the molecule is CC1CN(c2ccc(CNC(=O)CCCn3cccn3)cn2)CC(C)O1. The number of morpholine rings is 1. The quantitative estimate of drug-likeness (QED) is 0.820. The Balaban J connectivity index is 1.41. The van der Waals surface area contributed by atoms with Crippen LogP contribution in [0.4, 0.5) is 5.82 Å². The highest BCUT2D eigenvalue weighted by atomic mass is 16.5. The first-order valence-corrected chi connectivity index (χ1v) is 9.19. The zero-order chi connectivity index (χ0) is 18.4. The summed E-state index contributed by atoms with van der Waals surface area (Å²) in [5.41, 5.74) is 1.00. The number of hydrogen-bond acceptors (Lipinski definition) is 5. The summed E-state index contributed by atoms with van der Waals surface area (Å²) in [5, 5.41) is 7.08. The molecule has 0 bridgehead atoms. The molecule has 26 heavy (non-hydrogen) atoms. The minimum absolute atomic E-state index is 0.0528. The van der Waals surface area contributed by atoms with E-state index in [1.165, 1.54) is 0 Å². The number of carbonyl (C=O) groups is 1. The first kappa shape index (κ1) is 18.4. The Labute approximate surface area is 154 Å². The molecule has 3 rings (SSSR count). The van der Waals surface area contributed by atoms with E-state index in [2.05, 4.69) is 34.1 Å². The normalized spacial score (nSPS) is 20.2. The van der Waals surface area contributed by atoms with Gasteiger partial charge >= 0.3 is 0 Å². The fourth-order valence-corrected chi connectivity index (χ4v) is 3.20. The molecule has 1 N–H and O–H groups in total. The maximum Gasteiger partial charge on any atom is 0.220 e. The largest absolute Gasteiger partial charge is 0.372 e. The molecule has 1 saturated heterocycles. The zero-order valence-electron chi connectivity index (χ0n) is 15.5. The van der Waals surface area contributed by atoms with Crippen LogP contribution in [0.1, 0.15) is 32.3 Å². The van der Waals surface area contributed by atoms with Gasteiger partial charge in [0, 0.05) is 51.2 Å². The summed E-state index contributed by atoms with van der Waals surface area (Å²) in [7, 11) is 0. The van der Waals surface area contributed by atoms with E-state index in [0.29, 0.717) is 13.0 Å². The summed E-state index contributed by atoms with van der Waals surface area (Å²) in [5.74, 6) is 1.01. The smallest absolute Gasteiger partial charge is 0.220 e. The molecule has 1 aliphatic heterocycles. The number of nitrogens with zero attached hydrogens (tertiary/aromatic N) is 4. The number of carbonyl (C=O) groups excluding carboxylic acids is 1. The molecular weight excluding hydrogens is 330 g/mol. The highest BCUT2D eigenvalue weighted by Crippen LogP contribution is 2.18. The topological polar surface area (TPSA) is 72.3 Å². The third kappa shape index (κ3) is 5.29. The molecule has 1 amide bonds. The number of anilines is 1. The number of rotatable bonds is 7. The Bertz CT molecular complexity index is 676. The number of hydrogen-bond donors (Lipinski definition) is 1. The maximum atomic E-state index is 11.9. The number of aromatic nitrogens is 3. The van der Waals surface area contributed by atoms with E-state index in [1.54, 1.807) is 6.20 Å². The number of pyridine rings is 1. The van der Waals surface area contributed by atoms with E-state index in [9.17, 15) is 4.79 Å². The lowest BCUT2D eigenvalue weighted by Crippen LogP contribution is -2.45. The van der Waals surface area contributed by atoms with Crippen molar-refractivity contribution in [1.82, 2.24) is 20.1 Å². The molecule has 0 aliphatic carbocycles. The summed E-state index contributed by atoms with van der Waals surface area (Å²) >= 11 is 0. The Hall–Kier alpha value is -2.41. The molecule has 0 aromatic carbocycles. The standard InChI is InChI=1S/C19H27N5O2/c1-15-13-23(14-16(2)26-15)18-7-6-17(11-20-18)12-21-19(25)5-3-9-24-10-4-8-22-24/h4,6-8,10-11,15-16H,3,5,9,12-14H2,1-2H3,(H,21,25). The summed E-state index contributed by atoms with van der Waals surface area (Å²) < 4.78 is 7.60. The number of aryl methyl sites for hydroxylation is 1. The Morgan fingerprint density at radius 3 is 2.77 bits per heavy atom. The van der Waals surface area contributed by atoms with Crippen molar-refractivity contribution in [2.45, 2.75) is 52.0 Å². The van der Waals surface area contributed by atoms with Gasteiger partial charge < -0.3 is 15.0 Å². The molecule has 2 aromatic heterocycles. The third-order valence-corrected chi connectivity index (χ3v) is 4.39. The van der Waals surface area contributed by atoms with Gasteiger partial charge in [-0.2, -0.15) is 5.10 Å². The lowest BCUT2D eigenvalue weighted by atomic mass is 10.2. The Morgan fingerprint density at radius 2 is 2.12 bits per heavy atom. The molecular formula is C19H27N5O2. The van der Waals surface area contributed by atoms with Crippen LogP contribution in [0.2, 0.25) is 0 Å². The van der Waals surface area contributed by atoms with Crippen LogP contribution < -0.4 is 10.2 Å². The average molecular weight is 357 g/mol. The fraction of sp³-hybridized carbons (Fsp3) is 0.526. The number of amides is 1. The van der Waals surface area contributed by atoms with Crippen LogP contribution in [0.5, 0.6) is 0 Å². The molecule has 2 atom stereocenters. The minimum atomic E-state index is 0.0528. The lowest BCUT2D eigenvalue weighted by Gasteiger charge is -2.36. The van der Waals surface area contributed by atoms with E-state index >= 15 is 0 Å². The fourth-order valence-electron chi connectivity index (χ4n) is 3.20. The van der Waals surface area contributed by atoms with Crippen LogP contribution in [0, 0.1) is 0 Å². The van der Waals surface area contributed by atoms with Gasteiger partial charge in [-0.1, -0.05) is 6.07 Å². The van der Waals surface area contributed by atoms with Gasteiger partial charge in [0.2, 0.25) is 5.91 Å². The lowest BCUT2D eigenvalue weighted by molar-refractivity contribution is -0.121. The molecule has 0 saturated carbocycles. The van der Waals surface area contributed by atoms with Gasteiger partial charge in [-0.05, 0) is 38.0 Å². The van der Waals surface area contributed by atoms with Crippen molar-refractivity contribution in [2.24, 2.45) is 0 Å². The van der Waals surface area contributed by atoms with E-state index in [1.807, 2.05) is 35.3 Å². The number of nitrogens with one attached hydrogen (secondary N) is 1. The number of ether oxygens (including phenoxy) is 1. The van der Waals surface area contributed by atoms with E-state index < -0.39 is 0 Å². The molecule has 3 heterocycles. The van der Waals surface area contributed by atoms with E-state index in [-0.39, 0.29) is 18.1 Å². The molecule has 7 nitrogen and oxygen atoms in total. The molecule has 140 valence electrons. The molecule has 0 spiro atoms. The van der Waals surface area contributed by atoms with Crippen LogP contribution in [-0.2, 0) is 22.6 Å². The van der Waals surface area contributed by atoms with Crippen molar-refractivity contribution in [3.05, 3.63) is 42.4 Å². The van der Waals surface area contributed by atoms with Crippen LogP contribution in [0.25, 0.3) is 0 Å². The summed E-state index contributed by atoms with van der Waals surface area (Å²) in [6.45, 7) is 7.13. The molecule has 7 heteroatoms. The monoisotopic (exact) mass is 357 g/mol. The first-order valence-electron chi connectivity index (χ1n) is 9.19. The second kappa shape index (κ2) is 8.80. The highest BCUT2D eigenvalue weighted by molar-refractivity contribution is 5.75. The minimum Gasteiger partial charge on any atom is -0.372 e. The predicted molar refractivity (Wildman–Crippen MR) is 99.8 cm³/mol. The molecule has 1 fully saturated rings. The summed E-state index contributed by atoms with van der Waals surface area (Å²) in [6, 6.07) is 5.93. The van der Waals surface area contributed by atoms with Crippen LogP contribution >= 0.6 is 0 Å². The van der Waals surface area contributed by atoms with Gasteiger partial charge in [0.15, 0.2) is 0 Å². The van der Waals surface area contributed by atoms with Gasteiger partial charge in [0.25, 0.3) is 0 Å².